The molecule has 0 radical (unpaired) electrons. The summed E-state index contributed by atoms with van der Waals surface area (Å²) in [5.41, 5.74) is 7.30. The highest BCUT2D eigenvalue weighted by Crippen LogP contribution is 2.28. The number of hydrazine groups is 1. The summed E-state index contributed by atoms with van der Waals surface area (Å²) in [5.74, 6) is 0.766. The first-order chi connectivity index (χ1) is 14.1. The Labute approximate surface area is 168 Å². The van der Waals surface area contributed by atoms with Gasteiger partial charge in [-0.05, 0) is 36.7 Å². The van der Waals surface area contributed by atoms with Crippen LogP contribution in [0.25, 0.3) is 0 Å². The number of piperidine rings is 1. The van der Waals surface area contributed by atoms with Gasteiger partial charge in [0, 0.05) is 37.4 Å². The van der Waals surface area contributed by atoms with E-state index < -0.39 is 11.2 Å². The van der Waals surface area contributed by atoms with Gasteiger partial charge in [-0.1, -0.05) is 30.3 Å². The number of rotatable bonds is 5. The number of likely N-dealkylation sites (tertiary alicyclic amines) is 1. The van der Waals surface area contributed by atoms with Crippen molar-refractivity contribution in [2.75, 3.05) is 19.6 Å². The molecule has 4 N–H and O–H groups in total. The van der Waals surface area contributed by atoms with Crippen molar-refractivity contribution in [2.45, 2.75) is 31.7 Å². The van der Waals surface area contributed by atoms with Crippen LogP contribution in [0.15, 0.2) is 46.1 Å². The Balaban J connectivity index is 1.40. The zero-order chi connectivity index (χ0) is 20.2. The maximum Gasteiger partial charge on any atom is 0.325 e. The quantitative estimate of drug-likeness (QED) is 0.575. The van der Waals surface area contributed by atoms with Crippen LogP contribution in [0.1, 0.15) is 24.0 Å². The molecule has 3 atom stereocenters. The molecule has 2 saturated heterocycles. The van der Waals surface area contributed by atoms with Crippen molar-refractivity contribution in [1.29, 1.82) is 0 Å². The number of hydrogen-bond acceptors (Lipinski definition) is 5. The SMILES string of the molecule is O=C(Cc1c[nH]c(=O)[nH]c1=O)N1CCCC(C2NNCC2Cc2ccccc2)C1. The molecule has 2 aliphatic rings. The molecule has 2 aliphatic heterocycles. The summed E-state index contributed by atoms with van der Waals surface area (Å²) in [5, 5.41) is 0. The van der Waals surface area contributed by atoms with E-state index >= 15 is 0 Å². The lowest BCUT2D eigenvalue weighted by Gasteiger charge is -2.37. The number of carbonyl (C=O) groups excluding carboxylic acids is 1. The normalized spacial score (nSPS) is 24.6. The lowest BCUT2D eigenvalue weighted by Crippen LogP contribution is -2.49. The molecule has 0 saturated carbocycles. The number of H-pyrrole nitrogens is 2. The van der Waals surface area contributed by atoms with Gasteiger partial charge in [0.1, 0.15) is 0 Å². The summed E-state index contributed by atoms with van der Waals surface area (Å²) in [7, 11) is 0. The fourth-order valence-corrected chi connectivity index (χ4v) is 4.54. The van der Waals surface area contributed by atoms with Gasteiger partial charge in [0.2, 0.25) is 5.91 Å². The first kappa shape index (κ1) is 19.6. The fourth-order valence-electron chi connectivity index (χ4n) is 4.54. The predicted molar refractivity (Wildman–Crippen MR) is 109 cm³/mol. The largest absolute Gasteiger partial charge is 0.342 e. The third-order valence-electron chi connectivity index (χ3n) is 6.04. The molecule has 0 bridgehead atoms. The van der Waals surface area contributed by atoms with Gasteiger partial charge < -0.3 is 9.88 Å². The molecule has 2 aromatic rings. The number of benzene rings is 1. The van der Waals surface area contributed by atoms with Crippen LogP contribution in [-0.4, -0.2) is 46.5 Å². The monoisotopic (exact) mass is 397 g/mol. The maximum absolute atomic E-state index is 12.8. The van der Waals surface area contributed by atoms with E-state index in [1.807, 2.05) is 11.0 Å². The van der Waals surface area contributed by atoms with Crippen molar-refractivity contribution < 1.29 is 4.79 Å². The molecule has 0 aliphatic carbocycles. The van der Waals surface area contributed by atoms with Crippen molar-refractivity contribution in [3.8, 4) is 0 Å². The first-order valence-corrected chi connectivity index (χ1v) is 10.2. The van der Waals surface area contributed by atoms with E-state index in [0.29, 0.717) is 36.5 Å². The summed E-state index contributed by atoms with van der Waals surface area (Å²) in [6.45, 7) is 2.31. The van der Waals surface area contributed by atoms with E-state index in [9.17, 15) is 14.4 Å². The summed E-state index contributed by atoms with van der Waals surface area (Å²) < 4.78 is 0. The minimum absolute atomic E-state index is 0.00260. The van der Waals surface area contributed by atoms with Crippen molar-refractivity contribution in [1.82, 2.24) is 25.7 Å². The molecule has 1 amide bonds. The highest BCUT2D eigenvalue weighted by Gasteiger charge is 2.36. The maximum atomic E-state index is 12.8. The molecule has 3 unspecified atom stereocenters. The fraction of sp³-hybridized carbons (Fsp3) is 0.476. The zero-order valence-electron chi connectivity index (χ0n) is 16.3. The highest BCUT2D eigenvalue weighted by atomic mass is 16.2. The Morgan fingerprint density at radius 1 is 1.17 bits per heavy atom. The van der Waals surface area contributed by atoms with Crippen LogP contribution >= 0.6 is 0 Å². The number of aromatic amines is 2. The molecule has 8 nitrogen and oxygen atoms in total. The van der Waals surface area contributed by atoms with Crippen LogP contribution in [0.3, 0.4) is 0 Å². The molecular formula is C21H27N5O3. The third kappa shape index (κ3) is 4.65. The van der Waals surface area contributed by atoms with Crippen LogP contribution in [0.5, 0.6) is 0 Å². The molecule has 2 fully saturated rings. The number of nitrogens with one attached hydrogen (secondary N) is 4. The number of hydrogen-bond donors (Lipinski definition) is 4. The van der Waals surface area contributed by atoms with Crippen LogP contribution < -0.4 is 22.1 Å². The number of carbonyl (C=O) groups is 1. The highest BCUT2D eigenvalue weighted by molar-refractivity contribution is 5.78. The van der Waals surface area contributed by atoms with E-state index in [1.54, 1.807) is 0 Å². The zero-order valence-corrected chi connectivity index (χ0v) is 16.3. The molecule has 154 valence electrons. The van der Waals surface area contributed by atoms with Gasteiger partial charge in [-0.15, -0.1) is 0 Å². The topological polar surface area (TPSA) is 110 Å². The minimum Gasteiger partial charge on any atom is -0.342 e. The van der Waals surface area contributed by atoms with E-state index in [2.05, 4.69) is 45.1 Å². The van der Waals surface area contributed by atoms with Crippen molar-refractivity contribution >= 4 is 5.91 Å². The number of amides is 1. The van der Waals surface area contributed by atoms with Crippen molar-refractivity contribution in [3.63, 3.8) is 0 Å². The summed E-state index contributed by atoms with van der Waals surface area (Å²) in [4.78, 5) is 42.3. The van der Waals surface area contributed by atoms with Crippen LogP contribution in [-0.2, 0) is 17.6 Å². The van der Waals surface area contributed by atoms with Gasteiger partial charge in [-0.25, -0.2) is 4.79 Å². The smallest absolute Gasteiger partial charge is 0.325 e. The van der Waals surface area contributed by atoms with Crippen LogP contribution in [0, 0.1) is 11.8 Å². The van der Waals surface area contributed by atoms with Gasteiger partial charge in [0.15, 0.2) is 0 Å². The van der Waals surface area contributed by atoms with Gasteiger partial charge in [-0.3, -0.25) is 25.4 Å². The Kier molecular flexibility index (Phi) is 5.92. The molecule has 8 heteroatoms. The van der Waals surface area contributed by atoms with Gasteiger partial charge in [0.05, 0.1) is 6.42 Å². The minimum atomic E-state index is -0.562. The molecule has 1 aromatic heterocycles. The molecular weight excluding hydrogens is 370 g/mol. The predicted octanol–water partition coefficient (Wildman–Crippen LogP) is 0.180. The second-order valence-electron chi connectivity index (χ2n) is 8.02. The molecule has 3 heterocycles. The number of aromatic nitrogens is 2. The molecule has 29 heavy (non-hydrogen) atoms. The Morgan fingerprint density at radius 3 is 2.79 bits per heavy atom. The van der Waals surface area contributed by atoms with E-state index in [0.717, 1.165) is 25.8 Å². The second kappa shape index (κ2) is 8.75. The Morgan fingerprint density at radius 2 is 2.00 bits per heavy atom. The molecule has 0 spiro atoms. The number of nitrogens with zero attached hydrogens (tertiary/aromatic N) is 1. The van der Waals surface area contributed by atoms with Gasteiger partial charge >= 0.3 is 5.69 Å². The van der Waals surface area contributed by atoms with Gasteiger partial charge in [0.25, 0.3) is 5.56 Å². The second-order valence-corrected chi connectivity index (χ2v) is 8.02. The molecule has 4 rings (SSSR count). The van der Waals surface area contributed by atoms with Crippen LogP contribution in [0.2, 0.25) is 0 Å². The Hall–Kier alpha value is -2.71. The van der Waals surface area contributed by atoms with Crippen molar-refractivity contribution in [3.05, 3.63) is 68.5 Å². The third-order valence-corrected chi connectivity index (χ3v) is 6.04. The average Bonchev–Trinajstić information content (AvgIpc) is 3.19. The van der Waals surface area contributed by atoms with Gasteiger partial charge in [-0.2, -0.15) is 0 Å². The summed E-state index contributed by atoms with van der Waals surface area (Å²) in [6.07, 6.45) is 4.37. The molecule has 1 aromatic carbocycles. The summed E-state index contributed by atoms with van der Waals surface area (Å²) in [6, 6.07) is 10.8. The average molecular weight is 397 g/mol. The van der Waals surface area contributed by atoms with E-state index in [-0.39, 0.29) is 12.3 Å². The lowest BCUT2D eigenvalue weighted by molar-refractivity contribution is -0.132. The first-order valence-electron chi connectivity index (χ1n) is 10.2. The summed E-state index contributed by atoms with van der Waals surface area (Å²) >= 11 is 0. The van der Waals surface area contributed by atoms with E-state index in [1.165, 1.54) is 11.8 Å². The lowest BCUT2D eigenvalue weighted by atomic mass is 9.81. The standard InChI is InChI=1S/C21H27N5O3/c27-18(10-17-11-22-21(29)24-20(17)28)26-8-4-7-15(13-26)19-16(12-23-25-19)9-14-5-2-1-3-6-14/h1-3,5-6,11,15-16,19,23,25H,4,7-10,12-13H2,(H2,22,24,28,29). The van der Waals surface area contributed by atoms with E-state index in [4.69, 9.17) is 0 Å². The van der Waals surface area contributed by atoms with Crippen LogP contribution in [0.4, 0.5) is 0 Å². The van der Waals surface area contributed by atoms with Crippen molar-refractivity contribution in [2.24, 2.45) is 11.8 Å². The Bertz CT molecular complexity index is 955.